The fourth-order valence-electron chi connectivity index (χ4n) is 3.01. The maximum absolute atomic E-state index is 11.0. The Labute approximate surface area is 174 Å². The van der Waals surface area contributed by atoms with Gasteiger partial charge in [0.1, 0.15) is 0 Å². The quantitative estimate of drug-likeness (QED) is 0.260. The molecule has 10 heteroatoms. The molecule has 168 valence electrons. The monoisotopic (exact) mass is 454 g/mol. The predicted molar refractivity (Wildman–Crippen MR) is 119 cm³/mol. The normalized spacial score (nSPS) is 17.7. The zero-order valence-electron chi connectivity index (χ0n) is 19.1. The van der Waals surface area contributed by atoms with E-state index >= 15 is 0 Å². The summed E-state index contributed by atoms with van der Waals surface area (Å²) in [7, 11) is -3.30. The maximum atomic E-state index is 11.0. The van der Waals surface area contributed by atoms with E-state index in [-0.39, 0.29) is 5.92 Å². The van der Waals surface area contributed by atoms with Crippen molar-refractivity contribution in [3.63, 3.8) is 0 Å². The van der Waals surface area contributed by atoms with Crippen LogP contribution in [-0.4, -0.2) is 70.6 Å². The molecular weight excluding hydrogens is 412 g/mol. The van der Waals surface area contributed by atoms with Crippen LogP contribution in [0.25, 0.3) is 0 Å². The predicted octanol–water partition coefficient (Wildman–Crippen LogP) is 4.20. The summed E-state index contributed by atoms with van der Waals surface area (Å²) in [6, 6.07) is 1.62. The lowest BCUT2D eigenvalue weighted by Gasteiger charge is -2.40. The van der Waals surface area contributed by atoms with Crippen molar-refractivity contribution in [3.05, 3.63) is 0 Å². The van der Waals surface area contributed by atoms with Gasteiger partial charge in [-0.1, -0.05) is 13.3 Å². The van der Waals surface area contributed by atoms with Crippen LogP contribution >= 0.6 is 0 Å². The number of aliphatic carboxylic acids is 1. The molecule has 0 fully saturated rings. The zero-order valence-corrected chi connectivity index (χ0v) is 22.1. The van der Waals surface area contributed by atoms with E-state index in [1.54, 1.807) is 21.1 Å². The third-order valence-corrected chi connectivity index (χ3v) is 15.4. The summed E-state index contributed by atoms with van der Waals surface area (Å²) in [6.45, 7) is 14.3. The van der Waals surface area contributed by atoms with Gasteiger partial charge in [-0.3, -0.25) is 4.79 Å². The highest BCUT2D eigenvalue weighted by Crippen LogP contribution is 2.29. The van der Waals surface area contributed by atoms with E-state index in [0.29, 0.717) is 26.2 Å². The first-order valence-electron chi connectivity index (χ1n) is 10.1. The molecule has 3 unspecified atom stereocenters. The summed E-state index contributed by atoms with van der Waals surface area (Å²) in [6.07, 6.45) is 2.29. The van der Waals surface area contributed by atoms with Gasteiger partial charge in [-0.2, -0.15) is 0 Å². The highest BCUT2D eigenvalue weighted by atomic mass is 28.5. The fourth-order valence-corrected chi connectivity index (χ4v) is 15.8. The lowest BCUT2D eigenvalue weighted by molar-refractivity contribution is -0.141. The molecule has 0 radical (unpaired) electrons. The first kappa shape index (κ1) is 27.9. The van der Waals surface area contributed by atoms with Gasteiger partial charge in [0, 0.05) is 20.8 Å². The SMILES string of the molecule is COCCOCCC[Si](C)(O[Si](C)(C)C)O[Si](C)(CCCC(C)C(=O)O)OC. The number of rotatable bonds is 17. The van der Waals surface area contributed by atoms with Crippen molar-refractivity contribution in [2.45, 2.75) is 71.0 Å². The first-order chi connectivity index (χ1) is 12.9. The lowest BCUT2D eigenvalue weighted by Crippen LogP contribution is -2.55. The number of carboxylic acid groups (broad SMARTS) is 1. The second kappa shape index (κ2) is 13.3. The molecule has 0 heterocycles. The Kier molecular flexibility index (Phi) is 13.2. The molecule has 0 rings (SSSR count). The van der Waals surface area contributed by atoms with Crippen LogP contribution in [0.3, 0.4) is 0 Å². The van der Waals surface area contributed by atoms with E-state index in [9.17, 15) is 4.79 Å². The van der Waals surface area contributed by atoms with E-state index in [2.05, 4.69) is 32.7 Å². The van der Waals surface area contributed by atoms with Crippen molar-refractivity contribution in [2.24, 2.45) is 5.92 Å². The van der Waals surface area contributed by atoms with E-state index < -0.39 is 31.4 Å². The molecule has 3 atom stereocenters. The highest BCUT2D eigenvalue weighted by Gasteiger charge is 2.44. The molecule has 0 amide bonds. The van der Waals surface area contributed by atoms with Crippen LogP contribution in [0.4, 0.5) is 0 Å². The van der Waals surface area contributed by atoms with Gasteiger partial charge in [0.25, 0.3) is 0 Å². The van der Waals surface area contributed by atoms with Gasteiger partial charge in [0.05, 0.1) is 19.1 Å². The number of hydrogen-bond acceptors (Lipinski definition) is 6. The van der Waals surface area contributed by atoms with E-state index in [1.165, 1.54) is 0 Å². The standard InChI is InChI=1S/C18H42O7Si3/c1-17(18(19)20)11-9-15-27(7,22-3)25-28(8,24-26(4,5)6)16-10-12-23-14-13-21-2/h17H,9-16H2,1-8H3,(H,19,20). The molecule has 0 spiro atoms. The number of methoxy groups -OCH3 is 1. The summed E-state index contributed by atoms with van der Waals surface area (Å²) < 4.78 is 29.6. The zero-order chi connectivity index (χ0) is 21.8. The molecule has 28 heavy (non-hydrogen) atoms. The minimum Gasteiger partial charge on any atom is -0.481 e. The Hall–Kier alpha value is -0.0794. The largest absolute Gasteiger partial charge is 0.481 e. The minimum atomic E-state index is -2.44. The number of carbonyl (C=O) groups is 1. The van der Waals surface area contributed by atoms with Crippen molar-refractivity contribution in [2.75, 3.05) is 34.0 Å². The molecule has 7 nitrogen and oxygen atoms in total. The van der Waals surface area contributed by atoms with E-state index in [1.807, 2.05) is 0 Å². The van der Waals surface area contributed by atoms with Crippen LogP contribution in [0.15, 0.2) is 0 Å². The van der Waals surface area contributed by atoms with Crippen LogP contribution in [0, 0.1) is 5.92 Å². The van der Waals surface area contributed by atoms with Crippen molar-refractivity contribution in [1.29, 1.82) is 0 Å². The number of hydrogen-bond donors (Lipinski definition) is 1. The smallest absolute Gasteiger partial charge is 0.325 e. The van der Waals surface area contributed by atoms with Crippen LogP contribution in [-0.2, 0) is 26.9 Å². The summed E-state index contributed by atoms with van der Waals surface area (Å²) in [5.74, 6) is -1.10. The Bertz CT molecular complexity index is 447. The average molecular weight is 455 g/mol. The summed E-state index contributed by atoms with van der Waals surface area (Å²) in [5.41, 5.74) is 0. The Balaban J connectivity index is 4.87. The van der Waals surface area contributed by atoms with Gasteiger partial charge in [-0.25, -0.2) is 0 Å². The van der Waals surface area contributed by atoms with E-state index in [0.717, 1.165) is 24.9 Å². The molecule has 1 N–H and O–H groups in total. The van der Waals surface area contributed by atoms with Crippen molar-refractivity contribution in [1.82, 2.24) is 0 Å². The molecule has 0 aromatic carbocycles. The molecule has 0 aliphatic carbocycles. The second-order valence-electron chi connectivity index (χ2n) is 8.63. The molecule has 0 aliphatic heterocycles. The molecule has 0 aromatic rings. The summed E-state index contributed by atoms with van der Waals surface area (Å²) in [5, 5.41) is 9.08. The Morgan fingerprint density at radius 3 is 2.00 bits per heavy atom. The third kappa shape index (κ3) is 13.2. The van der Waals surface area contributed by atoms with Gasteiger partial charge in [0.2, 0.25) is 0 Å². The molecule has 0 aliphatic rings. The van der Waals surface area contributed by atoms with Crippen LogP contribution in [0.5, 0.6) is 0 Å². The molecule has 0 saturated heterocycles. The highest BCUT2D eigenvalue weighted by molar-refractivity contribution is 6.86. The Morgan fingerprint density at radius 1 is 0.893 bits per heavy atom. The number of carboxylic acids is 1. The van der Waals surface area contributed by atoms with Crippen LogP contribution < -0.4 is 0 Å². The molecule has 0 aromatic heterocycles. The average Bonchev–Trinajstić information content (AvgIpc) is 2.56. The minimum absolute atomic E-state index is 0.346. The van der Waals surface area contributed by atoms with Gasteiger partial charge in [-0.15, -0.1) is 0 Å². The molecular formula is C18H42O7Si3. The van der Waals surface area contributed by atoms with Crippen molar-refractivity contribution < 1.29 is 32.0 Å². The maximum Gasteiger partial charge on any atom is 0.325 e. The third-order valence-electron chi connectivity index (χ3n) is 4.43. The van der Waals surface area contributed by atoms with Crippen LogP contribution in [0.1, 0.15) is 26.2 Å². The first-order valence-corrected chi connectivity index (χ1v) is 18.6. The van der Waals surface area contributed by atoms with E-state index in [4.69, 9.17) is 27.2 Å². The fraction of sp³-hybridized carbons (Fsp3) is 0.944. The van der Waals surface area contributed by atoms with Crippen molar-refractivity contribution >= 4 is 31.4 Å². The lowest BCUT2D eigenvalue weighted by atomic mass is 10.1. The number of ether oxygens (including phenoxy) is 2. The van der Waals surface area contributed by atoms with Gasteiger partial charge >= 0.3 is 23.1 Å². The second-order valence-corrected chi connectivity index (χ2v) is 20.4. The molecule has 0 saturated carbocycles. The van der Waals surface area contributed by atoms with Gasteiger partial charge in [-0.05, 0) is 57.7 Å². The van der Waals surface area contributed by atoms with Gasteiger partial charge in [0.15, 0.2) is 8.32 Å². The topological polar surface area (TPSA) is 83.5 Å². The summed E-state index contributed by atoms with van der Waals surface area (Å²) in [4.78, 5) is 11.0. The van der Waals surface area contributed by atoms with Crippen molar-refractivity contribution in [3.8, 4) is 0 Å². The van der Waals surface area contributed by atoms with Gasteiger partial charge < -0.3 is 27.2 Å². The molecule has 0 bridgehead atoms. The van der Waals surface area contributed by atoms with Crippen LogP contribution in [0.2, 0.25) is 44.8 Å². The Morgan fingerprint density at radius 2 is 1.50 bits per heavy atom. The summed E-state index contributed by atoms with van der Waals surface area (Å²) >= 11 is 0.